The number of anilines is 1. The van der Waals surface area contributed by atoms with E-state index in [0.29, 0.717) is 12.1 Å². The Morgan fingerprint density at radius 3 is 2.15 bits per heavy atom. The molecule has 0 saturated heterocycles. The predicted molar refractivity (Wildman–Crippen MR) is 163 cm³/mol. The number of rotatable bonds is 11. The summed E-state index contributed by atoms with van der Waals surface area (Å²) >= 11 is 0. The van der Waals surface area contributed by atoms with Crippen LogP contribution in [0.2, 0.25) is 0 Å². The van der Waals surface area contributed by atoms with E-state index in [-0.39, 0.29) is 23.4 Å². The molecule has 0 bridgehead atoms. The molecule has 0 heterocycles. The van der Waals surface area contributed by atoms with Gasteiger partial charge in [0.05, 0.1) is 10.6 Å². The van der Waals surface area contributed by atoms with E-state index in [1.165, 1.54) is 6.42 Å². The fourth-order valence-electron chi connectivity index (χ4n) is 5.40. The number of hydrogen-bond donors (Lipinski definition) is 1. The van der Waals surface area contributed by atoms with Gasteiger partial charge in [-0.1, -0.05) is 86.3 Å². The van der Waals surface area contributed by atoms with Crippen molar-refractivity contribution in [2.75, 3.05) is 10.8 Å². The lowest BCUT2D eigenvalue weighted by atomic mass is 9.95. The van der Waals surface area contributed by atoms with E-state index >= 15 is 0 Å². The summed E-state index contributed by atoms with van der Waals surface area (Å²) in [5.41, 5.74) is 3.24. The van der Waals surface area contributed by atoms with Crippen LogP contribution in [0.3, 0.4) is 0 Å². The normalized spacial score (nSPS) is 14.7. The van der Waals surface area contributed by atoms with E-state index in [9.17, 15) is 18.0 Å². The summed E-state index contributed by atoms with van der Waals surface area (Å²) in [6, 6.07) is 22.4. The number of nitrogens with one attached hydrogen (secondary N) is 1. The molecule has 1 aliphatic carbocycles. The molecule has 2 amide bonds. The molecule has 1 N–H and O–H groups in total. The van der Waals surface area contributed by atoms with Gasteiger partial charge in [-0.15, -0.1) is 0 Å². The number of benzene rings is 3. The average Bonchev–Trinajstić information content (AvgIpc) is 2.97. The summed E-state index contributed by atoms with van der Waals surface area (Å²) in [6.07, 6.45) is 5.61. The zero-order valence-corrected chi connectivity index (χ0v) is 25.1. The van der Waals surface area contributed by atoms with Gasteiger partial charge in [-0.2, -0.15) is 0 Å². The van der Waals surface area contributed by atoms with Gasteiger partial charge in [0.15, 0.2) is 0 Å². The standard InChI is InChI=1S/C33H41N3O4S/c1-4-31(33(38)34-28-15-7-5-8-16-28)35(23-27-14-12-11-13-26(27)3)32(37)24-36(29-17-9-6-10-18-29)41(39,40)30-21-19-25(2)20-22-30/h6,9-14,17-22,28,31H,4-5,7-8,15-16,23-24H2,1-3H3,(H,34,38). The van der Waals surface area contributed by atoms with E-state index < -0.39 is 28.5 Å². The highest BCUT2D eigenvalue weighted by atomic mass is 32.2. The van der Waals surface area contributed by atoms with Crippen LogP contribution in [0.1, 0.15) is 62.1 Å². The smallest absolute Gasteiger partial charge is 0.264 e. The number of aryl methyl sites for hydroxylation is 2. The van der Waals surface area contributed by atoms with Crippen molar-refractivity contribution in [3.63, 3.8) is 0 Å². The molecule has 3 aromatic rings. The Labute approximate surface area is 244 Å². The summed E-state index contributed by atoms with van der Waals surface area (Å²) in [5, 5.41) is 3.19. The number of carbonyl (C=O) groups is 2. The molecule has 3 aromatic carbocycles. The first-order chi connectivity index (χ1) is 19.7. The van der Waals surface area contributed by atoms with E-state index in [1.54, 1.807) is 59.5 Å². The third-order valence-electron chi connectivity index (χ3n) is 7.87. The average molecular weight is 576 g/mol. The van der Waals surface area contributed by atoms with Gasteiger partial charge in [-0.05, 0) is 68.5 Å². The lowest BCUT2D eigenvalue weighted by molar-refractivity contribution is -0.140. The summed E-state index contributed by atoms with van der Waals surface area (Å²) in [6.45, 7) is 5.52. The van der Waals surface area contributed by atoms with Gasteiger partial charge >= 0.3 is 0 Å². The van der Waals surface area contributed by atoms with Crippen LogP contribution in [-0.4, -0.2) is 43.8 Å². The Kier molecular flexibility index (Phi) is 10.2. The minimum Gasteiger partial charge on any atom is -0.352 e. The Balaban J connectivity index is 1.69. The zero-order chi connectivity index (χ0) is 29.4. The molecule has 41 heavy (non-hydrogen) atoms. The quantitative estimate of drug-likeness (QED) is 0.315. The largest absolute Gasteiger partial charge is 0.352 e. The number of hydrogen-bond acceptors (Lipinski definition) is 4. The fraction of sp³-hybridized carbons (Fsp3) is 0.394. The van der Waals surface area contributed by atoms with Crippen LogP contribution in [0.15, 0.2) is 83.8 Å². The Morgan fingerprint density at radius 1 is 0.878 bits per heavy atom. The van der Waals surface area contributed by atoms with Crippen LogP contribution in [0, 0.1) is 13.8 Å². The Bertz CT molecular complexity index is 1420. The molecule has 0 aromatic heterocycles. The van der Waals surface area contributed by atoms with Crippen LogP contribution in [0.5, 0.6) is 0 Å². The highest BCUT2D eigenvalue weighted by Crippen LogP contribution is 2.25. The van der Waals surface area contributed by atoms with E-state index in [0.717, 1.165) is 46.7 Å². The van der Waals surface area contributed by atoms with E-state index in [2.05, 4.69) is 5.32 Å². The van der Waals surface area contributed by atoms with Crippen molar-refractivity contribution >= 4 is 27.5 Å². The third-order valence-corrected chi connectivity index (χ3v) is 9.66. The third kappa shape index (κ3) is 7.55. The highest BCUT2D eigenvalue weighted by Gasteiger charge is 2.34. The van der Waals surface area contributed by atoms with Crippen molar-refractivity contribution in [1.82, 2.24) is 10.2 Å². The number of sulfonamides is 1. The van der Waals surface area contributed by atoms with Crippen molar-refractivity contribution in [2.45, 2.75) is 82.8 Å². The second kappa shape index (κ2) is 13.8. The minimum atomic E-state index is -4.07. The zero-order valence-electron chi connectivity index (χ0n) is 24.3. The van der Waals surface area contributed by atoms with Crippen molar-refractivity contribution < 1.29 is 18.0 Å². The maximum Gasteiger partial charge on any atom is 0.264 e. The highest BCUT2D eigenvalue weighted by molar-refractivity contribution is 7.92. The molecule has 1 unspecified atom stereocenters. The first kappa shape index (κ1) is 30.3. The maximum atomic E-state index is 14.2. The number of carbonyl (C=O) groups excluding carboxylic acids is 2. The molecule has 4 rings (SSSR count). The molecule has 7 nitrogen and oxygen atoms in total. The second-order valence-electron chi connectivity index (χ2n) is 10.9. The first-order valence-electron chi connectivity index (χ1n) is 14.5. The molecular formula is C33H41N3O4S. The Morgan fingerprint density at radius 2 is 1.51 bits per heavy atom. The lowest BCUT2D eigenvalue weighted by Crippen LogP contribution is -2.54. The van der Waals surface area contributed by atoms with Gasteiger partial charge < -0.3 is 10.2 Å². The molecule has 1 fully saturated rings. The van der Waals surface area contributed by atoms with Gasteiger partial charge in [0, 0.05) is 12.6 Å². The van der Waals surface area contributed by atoms with Gasteiger partial charge in [0.2, 0.25) is 11.8 Å². The summed E-state index contributed by atoms with van der Waals surface area (Å²) in [4.78, 5) is 29.5. The van der Waals surface area contributed by atoms with Crippen molar-refractivity contribution in [3.8, 4) is 0 Å². The van der Waals surface area contributed by atoms with Gasteiger partial charge in [-0.25, -0.2) is 8.42 Å². The predicted octanol–water partition coefficient (Wildman–Crippen LogP) is 5.76. The molecular weight excluding hydrogens is 534 g/mol. The summed E-state index contributed by atoms with van der Waals surface area (Å²) in [5.74, 6) is -0.618. The molecule has 218 valence electrons. The van der Waals surface area contributed by atoms with Crippen LogP contribution in [-0.2, 0) is 26.2 Å². The molecule has 0 spiro atoms. The van der Waals surface area contributed by atoms with Crippen LogP contribution in [0.25, 0.3) is 0 Å². The lowest BCUT2D eigenvalue weighted by Gasteiger charge is -2.34. The molecule has 0 radical (unpaired) electrons. The van der Waals surface area contributed by atoms with Gasteiger partial charge in [0.1, 0.15) is 12.6 Å². The van der Waals surface area contributed by atoms with Gasteiger partial charge in [-0.3, -0.25) is 13.9 Å². The second-order valence-corrected chi connectivity index (χ2v) is 12.7. The molecule has 8 heteroatoms. The molecule has 0 aliphatic heterocycles. The number of nitrogens with zero attached hydrogens (tertiary/aromatic N) is 2. The topological polar surface area (TPSA) is 86.8 Å². The van der Waals surface area contributed by atoms with Crippen molar-refractivity contribution in [1.29, 1.82) is 0 Å². The monoisotopic (exact) mass is 575 g/mol. The molecule has 1 saturated carbocycles. The van der Waals surface area contributed by atoms with Crippen LogP contribution >= 0.6 is 0 Å². The summed E-state index contributed by atoms with van der Waals surface area (Å²) in [7, 11) is -4.07. The molecule has 1 atom stereocenters. The van der Waals surface area contributed by atoms with Crippen LogP contribution < -0.4 is 9.62 Å². The van der Waals surface area contributed by atoms with Crippen molar-refractivity contribution in [2.24, 2.45) is 0 Å². The Hall–Kier alpha value is -3.65. The SMILES string of the molecule is CCC(C(=O)NC1CCCCC1)N(Cc1ccccc1C)C(=O)CN(c1ccccc1)S(=O)(=O)c1ccc(C)cc1. The van der Waals surface area contributed by atoms with E-state index in [1.807, 2.05) is 45.0 Å². The van der Waals surface area contributed by atoms with Crippen molar-refractivity contribution in [3.05, 3.63) is 95.6 Å². The number of para-hydroxylation sites is 1. The van der Waals surface area contributed by atoms with Crippen LogP contribution in [0.4, 0.5) is 5.69 Å². The minimum absolute atomic E-state index is 0.100. The maximum absolute atomic E-state index is 14.2. The first-order valence-corrected chi connectivity index (χ1v) is 15.9. The fourth-order valence-corrected chi connectivity index (χ4v) is 6.81. The summed E-state index contributed by atoms with van der Waals surface area (Å²) < 4.78 is 29.0. The molecule has 1 aliphatic rings. The van der Waals surface area contributed by atoms with E-state index in [4.69, 9.17) is 0 Å². The van der Waals surface area contributed by atoms with Gasteiger partial charge in [0.25, 0.3) is 10.0 Å². The number of amides is 2.